The molecule has 1 aliphatic carbocycles. The van der Waals surface area contributed by atoms with Crippen LogP contribution in [0.4, 0.5) is 0 Å². The Kier molecular flexibility index (Phi) is 5.84. The summed E-state index contributed by atoms with van der Waals surface area (Å²) in [7, 11) is 0. The van der Waals surface area contributed by atoms with E-state index in [-0.39, 0.29) is 5.41 Å². The van der Waals surface area contributed by atoms with E-state index in [1.807, 2.05) is 6.07 Å². The predicted molar refractivity (Wildman–Crippen MR) is 225 cm³/mol. The zero-order chi connectivity index (χ0) is 35.7. The van der Waals surface area contributed by atoms with E-state index in [4.69, 9.17) is 4.42 Å². The Balaban J connectivity index is 1.05. The maximum absolute atomic E-state index is 6.47. The summed E-state index contributed by atoms with van der Waals surface area (Å²) in [4.78, 5) is 0. The lowest BCUT2D eigenvalue weighted by molar-refractivity contribution is 0.659. The van der Waals surface area contributed by atoms with Crippen molar-refractivity contribution in [3.63, 3.8) is 0 Å². The van der Waals surface area contributed by atoms with Gasteiger partial charge in [0.25, 0.3) is 0 Å². The van der Waals surface area contributed by atoms with E-state index in [1.54, 1.807) is 0 Å². The van der Waals surface area contributed by atoms with Crippen LogP contribution >= 0.6 is 0 Å². The topological polar surface area (TPSA) is 23.0 Å². The van der Waals surface area contributed by atoms with E-state index in [2.05, 4.69) is 187 Å². The fourth-order valence-electron chi connectivity index (χ4n) is 9.57. The molecule has 0 fully saturated rings. The van der Waals surface area contributed by atoms with Crippen molar-refractivity contribution in [1.82, 2.24) is 9.13 Å². The van der Waals surface area contributed by atoms with Gasteiger partial charge in [-0.15, -0.1) is 0 Å². The number of nitrogens with zero attached hydrogens (tertiary/aromatic N) is 2. The molecule has 8 aromatic carbocycles. The highest BCUT2D eigenvalue weighted by Gasteiger charge is 2.36. The summed E-state index contributed by atoms with van der Waals surface area (Å²) in [5, 5.41) is 7.34. The second-order valence-electron chi connectivity index (χ2n) is 15.3. The van der Waals surface area contributed by atoms with Gasteiger partial charge in [-0.25, -0.2) is 0 Å². The highest BCUT2D eigenvalue weighted by molar-refractivity contribution is 6.19. The van der Waals surface area contributed by atoms with Gasteiger partial charge in [-0.2, -0.15) is 0 Å². The number of para-hydroxylation sites is 5. The van der Waals surface area contributed by atoms with Gasteiger partial charge in [0.05, 0.1) is 22.1 Å². The van der Waals surface area contributed by atoms with Gasteiger partial charge < -0.3 is 13.6 Å². The third-order valence-electron chi connectivity index (χ3n) is 12.1. The van der Waals surface area contributed by atoms with Crippen LogP contribution in [0.2, 0.25) is 0 Å². The highest BCUT2D eigenvalue weighted by atomic mass is 16.3. The third kappa shape index (κ3) is 3.91. The fraction of sp³-hybridized carbons (Fsp3) is 0.0588. The molecule has 1 aliphatic rings. The molecule has 0 N–H and O–H groups in total. The number of hydrogen-bond donors (Lipinski definition) is 0. The minimum atomic E-state index is -0.201. The summed E-state index contributed by atoms with van der Waals surface area (Å²) in [5.41, 5.74) is 16.5. The first-order chi connectivity index (χ1) is 26.5. The molecule has 0 bridgehead atoms. The molecule has 254 valence electrons. The molecule has 0 atom stereocenters. The van der Waals surface area contributed by atoms with Crippen molar-refractivity contribution >= 4 is 65.6 Å². The Morgan fingerprint density at radius 3 is 1.69 bits per heavy atom. The molecular formula is C51H34N2O. The van der Waals surface area contributed by atoms with Crippen molar-refractivity contribution in [3.8, 4) is 33.6 Å². The molecule has 11 aromatic rings. The maximum Gasteiger partial charge on any atom is 0.143 e. The predicted octanol–water partition coefficient (Wildman–Crippen LogP) is 13.8. The van der Waals surface area contributed by atoms with Crippen LogP contribution in [0.3, 0.4) is 0 Å². The Morgan fingerprint density at radius 1 is 0.389 bits per heavy atom. The summed E-state index contributed by atoms with van der Waals surface area (Å²) in [5.74, 6) is 0. The van der Waals surface area contributed by atoms with Crippen LogP contribution in [0, 0.1) is 0 Å². The van der Waals surface area contributed by atoms with Crippen LogP contribution in [0.5, 0.6) is 0 Å². The molecular weight excluding hydrogens is 657 g/mol. The van der Waals surface area contributed by atoms with Gasteiger partial charge in [0.2, 0.25) is 0 Å². The lowest BCUT2D eigenvalue weighted by Crippen LogP contribution is -2.15. The number of hydrogen-bond acceptors (Lipinski definition) is 1. The monoisotopic (exact) mass is 690 g/mol. The molecule has 3 heteroatoms. The van der Waals surface area contributed by atoms with Crippen LogP contribution in [-0.2, 0) is 5.41 Å². The van der Waals surface area contributed by atoms with Crippen molar-refractivity contribution in [3.05, 3.63) is 181 Å². The van der Waals surface area contributed by atoms with Crippen molar-refractivity contribution in [2.24, 2.45) is 0 Å². The van der Waals surface area contributed by atoms with E-state index in [0.29, 0.717) is 0 Å². The van der Waals surface area contributed by atoms with E-state index >= 15 is 0 Å². The molecule has 0 radical (unpaired) electrons. The molecule has 3 nitrogen and oxygen atoms in total. The first-order valence-corrected chi connectivity index (χ1v) is 18.8. The third-order valence-corrected chi connectivity index (χ3v) is 12.1. The molecule has 0 spiro atoms. The summed E-state index contributed by atoms with van der Waals surface area (Å²) in [6.07, 6.45) is 0. The summed E-state index contributed by atoms with van der Waals surface area (Å²) >= 11 is 0. The Labute approximate surface area is 311 Å². The second-order valence-corrected chi connectivity index (χ2v) is 15.3. The van der Waals surface area contributed by atoms with E-state index in [9.17, 15) is 0 Å². The minimum absolute atomic E-state index is 0.201. The van der Waals surface area contributed by atoms with E-state index in [1.165, 1.54) is 82.8 Å². The zero-order valence-electron chi connectivity index (χ0n) is 30.0. The molecule has 0 unspecified atom stereocenters. The second kappa shape index (κ2) is 10.6. The van der Waals surface area contributed by atoms with Crippen molar-refractivity contribution in [1.29, 1.82) is 0 Å². The van der Waals surface area contributed by atoms with Gasteiger partial charge in [0, 0.05) is 54.7 Å². The average molecular weight is 691 g/mol. The molecule has 3 heterocycles. The standard InChI is InChI=1S/C51H34N2O/c1-51(2)43-27-31(34-18-12-19-40-39-17-8-11-22-49(39)54-50(34)40)23-25-35(43)36-26-24-33(28-44(36)51)53-46-21-10-7-16-38(46)42-29-47-41(30-48(42)53)37-15-6-9-20-45(37)52(47)32-13-4-3-5-14-32/h3-30H,1-2H3. The highest BCUT2D eigenvalue weighted by Crippen LogP contribution is 2.51. The zero-order valence-corrected chi connectivity index (χ0v) is 30.0. The number of fused-ring (bicyclic) bond motifs is 12. The van der Waals surface area contributed by atoms with Crippen LogP contribution in [0.1, 0.15) is 25.0 Å². The summed E-state index contributed by atoms with van der Waals surface area (Å²) in [6.45, 7) is 4.75. The van der Waals surface area contributed by atoms with Gasteiger partial charge in [-0.3, -0.25) is 0 Å². The number of aromatic nitrogens is 2. The van der Waals surface area contributed by atoms with Crippen molar-refractivity contribution < 1.29 is 4.42 Å². The van der Waals surface area contributed by atoms with Gasteiger partial charge in [0.1, 0.15) is 11.2 Å². The SMILES string of the molecule is CC1(C)c2cc(-c3cccc4c3oc3ccccc34)ccc2-c2ccc(-n3c4ccccc4c4cc5c(cc43)c3ccccc3n5-c3ccccc3)cc21. The average Bonchev–Trinajstić information content (AvgIpc) is 3.92. The fourth-order valence-corrected chi connectivity index (χ4v) is 9.57. The largest absolute Gasteiger partial charge is 0.455 e. The summed E-state index contributed by atoms with van der Waals surface area (Å²) < 4.78 is 11.4. The molecule has 0 saturated heterocycles. The van der Waals surface area contributed by atoms with Gasteiger partial charge in [-0.05, 0) is 88.5 Å². The van der Waals surface area contributed by atoms with Gasteiger partial charge in [-0.1, -0.05) is 123 Å². The Morgan fingerprint density at radius 2 is 0.963 bits per heavy atom. The minimum Gasteiger partial charge on any atom is -0.455 e. The van der Waals surface area contributed by atoms with Crippen LogP contribution in [0.25, 0.3) is 99.2 Å². The molecule has 0 saturated carbocycles. The smallest absolute Gasteiger partial charge is 0.143 e. The van der Waals surface area contributed by atoms with Gasteiger partial charge >= 0.3 is 0 Å². The van der Waals surface area contributed by atoms with E-state index in [0.717, 1.165) is 27.5 Å². The van der Waals surface area contributed by atoms with Crippen LogP contribution in [-0.4, -0.2) is 9.13 Å². The lowest BCUT2D eigenvalue weighted by Gasteiger charge is -2.23. The molecule has 3 aromatic heterocycles. The quantitative estimate of drug-likeness (QED) is 0.181. The number of rotatable bonds is 3. The first kappa shape index (κ1) is 29.7. The normalized spacial score (nSPS) is 13.5. The molecule has 0 aliphatic heterocycles. The Bertz CT molecular complexity index is 3350. The molecule has 12 rings (SSSR count). The number of furan rings is 1. The molecule has 0 amide bonds. The Hall–Kier alpha value is -6.84. The van der Waals surface area contributed by atoms with Crippen molar-refractivity contribution in [2.75, 3.05) is 0 Å². The summed E-state index contributed by atoms with van der Waals surface area (Å²) in [6, 6.07) is 62.1. The van der Waals surface area contributed by atoms with Crippen LogP contribution < -0.4 is 0 Å². The maximum atomic E-state index is 6.47. The number of benzene rings is 8. The van der Waals surface area contributed by atoms with Crippen LogP contribution in [0.15, 0.2) is 174 Å². The first-order valence-electron chi connectivity index (χ1n) is 18.8. The van der Waals surface area contributed by atoms with Crippen molar-refractivity contribution in [2.45, 2.75) is 19.3 Å². The molecule has 54 heavy (non-hydrogen) atoms. The van der Waals surface area contributed by atoms with E-state index < -0.39 is 0 Å². The lowest BCUT2D eigenvalue weighted by atomic mass is 9.81. The van der Waals surface area contributed by atoms with Gasteiger partial charge in [0.15, 0.2) is 0 Å².